The minimum absolute atomic E-state index is 0.140. The molecule has 0 bridgehead atoms. The molecule has 13 heteroatoms. The maximum absolute atomic E-state index is 14.5. The SMILES string of the molecule is CCSC(F)=C(F)c1ccc(-c2ccc(C(F)(F)Oc3cc(F)c(C(F)(F)F)c(F)c3)c(F)c2)c(F)c1. The molecule has 198 valence electrons. The number of hydrogen-bond acceptors (Lipinski definition) is 2. The fourth-order valence-electron chi connectivity index (χ4n) is 3.19. The molecule has 1 nitrogen and oxygen atoms in total. The van der Waals surface area contributed by atoms with Crippen LogP contribution in [-0.4, -0.2) is 5.75 Å². The number of benzene rings is 3. The first kappa shape index (κ1) is 28.4. The lowest BCUT2D eigenvalue weighted by Gasteiger charge is -2.20. The van der Waals surface area contributed by atoms with Crippen molar-refractivity contribution in [3.63, 3.8) is 0 Å². The van der Waals surface area contributed by atoms with Crippen molar-refractivity contribution >= 4 is 17.6 Å². The molecule has 0 aromatic heterocycles. The van der Waals surface area contributed by atoms with Gasteiger partial charge in [0.15, 0.2) is 11.0 Å². The van der Waals surface area contributed by atoms with Gasteiger partial charge in [-0.3, -0.25) is 0 Å². The van der Waals surface area contributed by atoms with E-state index in [9.17, 15) is 48.3 Å². The average molecular weight is 558 g/mol. The van der Waals surface area contributed by atoms with Gasteiger partial charge in [0.25, 0.3) is 0 Å². The molecule has 0 spiro atoms. The highest BCUT2D eigenvalue weighted by atomic mass is 32.2. The normalized spacial score (nSPS) is 13.0. The van der Waals surface area contributed by atoms with E-state index in [2.05, 4.69) is 4.74 Å². The molecule has 0 heterocycles. The Balaban J connectivity index is 1.91. The van der Waals surface area contributed by atoms with Crippen LogP contribution in [0.4, 0.5) is 48.3 Å². The van der Waals surface area contributed by atoms with Crippen LogP contribution in [0.2, 0.25) is 0 Å². The first-order chi connectivity index (χ1) is 17.2. The monoisotopic (exact) mass is 558 g/mol. The van der Waals surface area contributed by atoms with Gasteiger partial charge in [-0.2, -0.15) is 26.3 Å². The van der Waals surface area contributed by atoms with Gasteiger partial charge in [0.05, 0.1) is 5.56 Å². The molecule has 0 unspecified atom stereocenters. The molecule has 0 radical (unpaired) electrons. The van der Waals surface area contributed by atoms with Gasteiger partial charge in [-0.1, -0.05) is 36.9 Å². The number of alkyl halides is 5. The number of hydrogen-bond donors (Lipinski definition) is 0. The predicted octanol–water partition coefficient (Wildman–Crippen LogP) is 9.38. The molecule has 0 N–H and O–H groups in total. The summed E-state index contributed by atoms with van der Waals surface area (Å²) >= 11 is 0.542. The van der Waals surface area contributed by atoms with Crippen molar-refractivity contribution in [3.8, 4) is 16.9 Å². The van der Waals surface area contributed by atoms with Crippen LogP contribution in [-0.2, 0) is 12.3 Å². The van der Waals surface area contributed by atoms with E-state index in [0.29, 0.717) is 30.0 Å². The van der Waals surface area contributed by atoms with E-state index in [1.807, 2.05) is 0 Å². The molecule has 0 aliphatic rings. The smallest absolute Gasteiger partial charge is 0.429 e. The Kier molecular flexibility index (Phi) is 8.15. The van der Waals surface area contributed by atoms with Gasteiger partial charge in [0.2, 0.25) is 0 Å². The van der Waals surface area contributed by atoms with Crippen molar-refractivity contribution < 1.29 is 53.0 Å². The van der Waals surface area contributed by atoms with Gasteiger partial charge in [-0.25, -0.2) is 22.0 Å². The molecular weight excluding hydrogens is 545 g/mol. The highest BCUT2D eigenvalue weighted by Gasteiger charge is 2.41. The van der Waals surface area contributed by atoms with E-state index in [4.69, 9.17) is 0 Å². The quantitative estimate of drug-likeness (QED) is 0.267. The minimum atomic E-state index is -5.45. The summed E-state index contributed by atoms with van der Waals surface area (Å²) in [6.45, 7) is 1.56. The highest BCUT2D eigenvalue weighted by molar-refractivity contribution is 8.03. The molecule has 0 saturated heterocycles. The highest BCUT2D eigenvalue weighted by Crippen LogP contribution is 2.39. The number of thioether (sulfide) groups is 1. The lowest BCUT2D eigenvalue weighted by atomic mass is 10.0. The van der Waals surface area contributed by atoms with Crippen LogP contribution in [0.3, 0.4) is 0 Å². The Morgan fingerprint density at radius 3 is 1.92 bits per heavy atom. The molecule has 37 heavy (non-hydrogen) atoms. The van der Waals surface area contributed by atoms with Gasteiger partial charge < -0.3 is 4.74 Å². The van der Waals surface area contributed by atoms with Crippen molar-refractivity contribution in [1.82, 2.24) is 0 Å². The zero-order chi connectivity index (χ0) is 27.7. The zero-order valence-electron chi connectivity index (χ0n) is 18.3. The average Bonchev–Trinajstić information content (AvgIpc) is 2.76. The first-order valence-electron chi connectivity index (χ1n) is 10.1. The lowest BCUT2D eigenvalue weighted by Crippen LogP contribution is -2.24. The molecular formula is C24H13F11OS. The van der Waals surface area contributed by atoms with Crippen LogP contribution < -0.4 is 4.74 Å². The summed E-state index contributed by atoms with van der Waals surface area (Å²) in [7, 11) is 0. The maximum Gasteiger partial charge on any atom is 0.429 e. The van der Waals surface area contributed by atoms with Crippen LogP contribution in [0.15, 0.2) is 53.7 Å². The summed E-state index contributed by atoms with van der Waals surface area (Å²) in [6.07, 6.45) is -10.1. The summed E-state index contributed by atoms with van der Waals surface area (Å²) in [5.41, 5.74) is -4.91. The summed E-state index contributed by atoms with van der Waals surface area (Å²) in [4.78, 5) is 0. The van der Waals surface area contributed by atoms with E-state index in [1.165, 1.54) is 0 Å². The van der Waals surface area contributed by atoms with Crippen molar-refractivity contribution in [2.24, 2.45) is 0 Å². The van der Waals surface area contributed by atoms with Crippen molar-refractivity contribution in [2.75, 3.05) is 5.75 Å². The second kappa shape index (κ2) is 10.6. The second-order valence-electron chi connectivity index (χ2n) is 7.29. The summed E-state index contributed by atoms with van der Waals surface area (Å²) in [6, 6.07) is 4.02. The summed E-state index contributed by atoms with van der Waals surface area (Å²) in [5.74, 6) is -9.74. The van der Waals surface area contributed by atoms with Gasteiger partial charge in [-0.05, 0) is 29.5 Å². The second-order valence-corrected chi connectivity index (χ2v) is 8.51. The van der Waals surface area contributed by atoms with Crippen LogP contribution in [0.1, 0.15) is 23.6 Å². The van der Waals surface area contributed by atoms with Crippen LogP contribution in [0.25, 0.3) is 17.0 Å². The third-order valence-corrected chi connectivity index (χ3v) is 5.53. The molecule has 3 aromatic rings. The fourth-order valence-corrected chi connectivity index (χ4v) is 3.69. The van der Waals surface area contributed by atoms with E-state index >= 15 is 0 Å². The molecule has 0 amide bonds. The lowest BCUT2D eigenvalue weighted by molar-refractivity contribution is -0.187. The Labute approximate surface area is 206 Å². The Morgan fingerprint density at radius 1 is 0.784 bits per heavy atom. The fraction of sp³-hybridized carbons (Fsp3) is 0.167. The van der Waals surface area contributed by atoms with E-state index in [-0.39, 0.29) is 29.0 Å². The topological polar surface area (TPSA) is 9.23 Å². The van der Waals surface area contributed by atoms with E-state index in [0.717, 1.165) is 18.2 Å². The Bertz CT molecular complexity index is 1330. The van der Waals surface area contributed by atoms with Gasteiger partial charge in [0, 0.05) is 23.3 Å². The first-order valence-corrected chi connectivity index (χ1v) is 11.1. The van der Waals surface area contributed by atoms with E-state index < -0.39 is 69.0 Å². The molecule has 0 atom stereocenters. The van der Waals surface area contributed by atoms with Crippen molar-refractivity contribution in [2.45, 2.75) is 19.2 Å². The summed E-state index contributed by atoms with van der Waals surface area (Å²) < 4.78 is 155. The molecule has 3 aromatic carbocycles. The third kappa shape index (κ3) is 6.20. The molecule has 0 saturated carbocycles. The maximum atomic E-state index is 14.5. The number of ether oxygens (including phenoxy) is 1. The van der Waals surface area contributed by atoms with Gasteiger partial charge >= 0.3 is 12.3 Å². The standard InChI is InChI=1S/C24H13F11OS/c1-2-37-22(30)21(29)12-3-5-14(16(25)8-12)11-4-6-15(17(26)7-11)24(34,35)36-13-9-18(27)20(19(28)10-13)23(31,32)33/h3-10H,2H2,1H3. The largest absolute Gasteiger partial charge is 0.429 e. The molecule has 0 fully saturated rings. The molecule has 0 aliphatic carbocycles. The Morgan fingerprint density at radius 2 is 1.41 bits per heavy atom. The van der Waals surface area contributed by atoms with Gasteiger partial charge in [-0.15, -0.1) is 0 Å². The minimum Gasteiger partial charge on any atom is -0.429 e. The van der Waals surface area contributed by atoms with Gasteiger partial charge in [0.1, 0.15) is 34.6 Å². The predicted molar refractivity (Wildman–Crippen MR) is 115 cm³/mol. The third-order valence-electron chi connectivity index (χ3n) is 4.80. The van der Waals surface area contributed by atoms with Crippen LogP contribution in [0, 0.1) is 23.3 Å². The van der Waals surface area contributed by atoms with Crippen LogP contribution in [0.5, 0.6) is 5.75 Å². The molecule has 0 aliphatic heterocycles. The van der Waals surface area contributed by atoms with Crippen molar-refractivity contribution in [1.29, 1.82) is 0 Å². The van der Waals surface area contributed by atoms with Crippen LogP contribution >= 0.6 is 11.8 Å². The van der Waals surface area contributed by atoms with E-state index in [1.54, 1.807) is 6.92 Å². The molecule has 3 rings (SSSR count). The summed E-state index contributed by atoms with van der Waals surface area (Å²) in [5, 5.41) is -1.18. The zero-order valence-corrected chi connectivity index (χ0v) is 19.1. The number of halogens is 11. The Hall–Kier alpha value is -3.22. The van der Waals surface area contributed by atoms with Crippen molar-refractivity contribution in [3.05, 3.63) is 93.6 Å². The number of rotatable bonds is 7.